The van der Waals surface area contributed by atoms with Gasteiger partial charge in [-0.15, -0.1) is 0 Å². The van der Waals surface area contributed by atoms with Crippen LogP contribution in [0.2, 0.25) is 0 Å². The highest BCUT2D eigenvalue weighted by Crippen LogP contribution is 2.03. The van der Waals surface area contributed by atoms with Gasteiger partial charge in [-0.3, -0.25) is 4.79 Å². The predicted molar refractivity (Wildman–Crippen MR) is 89.1 cm³/mol. The van der Waals surface area contributed by atoms with Gasteiger partial charge in [0.05, 0.1) is 5.75 Å². The predicted octanol–water partition coefficient (Wildman–Crippen LogP) is 1.80. The minimum Gasteiger partial charge on any atom is -0.342 e. The first kappa shape index (κ1) is 18.6. The number of carbonyl (C=O) groups is 1. The maximum absolute atomic E-state index is 11.9. The molecule has 0 aromatic heterocycles. The van der Waals surface area contributed by atoms with Crippen LogP contribution in [0.1, 0.15) is 32.3 Å². The highest BCUT2D eigenvalue weighted by atomic mass is 32.2. The average molecular weight is 326 g/mol. The molecule has 0 saturated heterocycles. The van der Waals surface area contributed by atoms with Gasteiger partial charge in [0, 0.05) is 26.6 Å². The lowest BCUT2D eigenvalue weighted by Gasteiger charge is -2.20. The number of amides is 1. The van der Waals surface area contributed by atoms with Crippen LogP contribution in [0, 0.1) is 0 Å². The first-order chi connectivity index (χ1) is 10.4. The molecule has 1 amide bonds. The van der Waals surface area contributed by atoms with Gasteiger partial charge in [-0.2, -0.15) is 0 Å². The van der Waals surface area contributed by atoms with Crippen molar-refractivity contribution >= 4 is 15.9 Å². The molecule has 0 unspecified atom stereocenters. The number of nitrogens with zero attached hydrogens (tertiary/aromatic N) is 1. The molecule has 1 N–H and O–H groups in total. The summed E-state index contributed by atoms with van der Waals surface area (Å²) in [6.07, 6.45) is 2.20. The molecule has 0 saturated carbocycles. The van der Waals surface area contributed by atoms with Crippen LogP contribution < -0.4 is 4.72 Å². The maximum atomic E-state index is 11.9. The monoisotopic (exact) mass is 326 g/mol. The molecule has 124 valence electrons. The highest BCUT2D eigenvalue weighted by molar-refractivity contribution is 7.89. The Balaban J connectivity index is 2.30. The lowest BCUT2D eigenvalue weighted by Crippen LogP contribution is -2.38. The van der Waals surface area contributed by atoms with Crippen molar-refractivity contribution < 1.29 is 13.2 Å². The minimum absolute atomic E-state index is 0.0230. The van der Waals surface area contributed by atoms with Crippen molar-refractivity contribution in [2.24, 2.45) is 0 Å². The molecule has 5 nitrogen and oxygen atoms in total. The quantitative estimate of drug-likeness (QED) is 0.713. The van der Waals surface area contributed by atoms with Gasteiger partial charge in [0.15, 0.2) is 0 Å². The summed E-state index contributed by atoms with van der Waals surface area (Å²) in [5.41, 5.74) is 1.14. The van der Waals surface area contributed by atoms with E-state index in [1.54, 1.807) is 4.90 Å². The fraction of sp³-hybridized carbons (Fsp3) is 0.562. The third kappa shape index (κ3) is 7.56. The van der Waals surface area contributed by atoms with Gasteiger partial charge in [-0.05, 0) is 24.8 Å². The normalized spacial score (nSPS) is 11.4. The lowest BCUT2D eigenvalue weighted by atomic mass is 10.1. The Bertz CT molecular complexity index is 544. The van der Waals surface area contributed by atoms with Crippen LogP contribution in [0.15, 0.2) is 30.3 Å². The summed E-state index contributed by atoms with van der Waals surface area (Å²) in [7, 11) is -3.28. The molecule has 0 radical (unpaired) electrons. The van der Waals surface area contributed by atoms with E-state index in [0.29, 0.717) is 19.5 Å². The van der Waals surface area contributed by atoms with E-state index in [1.165, 1.54) is 6.92 Å². The van der Waals surface area contributed by atoms with E-state index in [2.05, 4.69) is 4.72 Å². The number of benzene rings is 1. The van der Waals surface area contributed by atoms with Crippen LogP contribution >= 0.6 is 0 Å². The molecule has 0 aliphatic heterocycles. The zero-order valence-electron chi connectivity index (χ0n) is 13.4. The molecule has 1 aromatic rings. The molecule has 1 aromatic carbocycles. The first-order valence-electron chi connectivity index (χ1n) is 7.71. The summed E-state index contributed by atoms with van der Waals surface area (Å²) in [4.78, 5) is 13.0. The van der Waals surface area contributed by atoms with E-state index in [0.717, 1.165) is 18.4 Å². The van der Waals surface area contributed by atoms with E-state index >= 15 is 0 Å². The topological polar surface area (TPSA) is 66.5 Å². The van der Waals surface area contributed by atoms with E-state index in [-0.39, 0.29) is 18.2 Å². The minimum atomic E-state index is -3.28. The number of hydrogen-bond acceptors (Lipinski definition) is 3. The van der Waals surface area contributed by atoms with Crippen molar-refractivity contribution in [2.75, 3.05) is 25.4 Å². The summed E-state index contributed by atoms with van der Waals surface area (Å²) in [5, 5.41) is 0. The molecule has 0 fully saturated rings. The Kier molecular flexibility index (Phi) is 8.12. The standard InChI is InChI=1S/C16H26N2O3S/c1-3-12-18(15(2)19)13-11-17-22(20,21)14-7-10-16-8-5-4-6-9-16/h4-6,8-9,17H,3,7,10-14H2,1-2H3. The Morgan fingerprint density at radius 2 is 1.86 bits per heavy atom. The number of aryl methyl sites for hydroxylation is 1. The van der Waals surface area contributed by atoms with Crippen LogP contribution in [0.3, 0.4) is 0 Å². The second kappa shape index (κ2) is 9.58. The lowest BCUT2D eigenvalue weighted by molar-refractivity contribution is -0.128. The molecule has 0 heterocycles. The SMILES string of the molecule is CCCN(CCNS(=O)(=O)CCCc1ccccc1)C(C)=O. The molecule has 0 atom stereocenters. The van der Waals surface area contributed by atoms with Crippen molar-refractivity contribution in [1.82, 2.24) is 9.62 Å². The van der Waals surface area contributed by atoms with Crippen LogP contribution in [-0.2, 0) is 21.2 Å². The third-order valence-corrected chi connectivity index (χ3v) is 4.83. The molecule has 0 aliphatic rings. The summed E-state index contributed by atoms with van der Waals surface area (Å²) < 4.78 is 26.4. The fourth-order valence-electron chi connectivity index (χ4n) is 2.22. The van der Waals surface area contributed by atoms with Gasteiger partial charge >= 0.3 is 0 Å². The van der Waals surface area contributed by atoms with Crippen LogP contribution in [0.5, 0.6) is 0 Å². The Labute approximate surface area is 133 Å². The van der Waals surface area contributed by atoms with Crippen LogP contribution in [0.4, 0.5) is 0 Å². The number of carbonyl (C=O) groups excluding carboxylic acids is 1. The van der Waals surface area contributed by atoms with Crippen molar-refractivity contribution in [3.8, 4) is 0 Å². The van der Waals surface area contributed by atoms with Gasteiger partial charge in [0.25, 0.3) is 0 Å². The van der Waals surface area contributed by atoms with Crippen LogP contribution in [0.25, 0.3) is 0 Å². The smallest absolute Gasteiger partial charge is 0.219 e. The summed E-state index contributed by atoms with van der Waals surface area (Å²) in [6.45, 7) is 4.84. The largest absolute Gasteiger partial charge is 0.342 e. The Morgan fingerprint density at radius 1 is 1.18 bits per heavy atom. The zero-order chi connectivity index (χ0) is 16.4. The van der Waals surface area contributed by atoms with E-state index in [9.17, 15) is 13.2 Å². The van der Waals surface area contributed by atoms with Gasteiger partial charge in [-0.25, -0.2) is 13.1 Å². The number of rotatable bonds is 10. The van der Waals surface area contributed by atoms with Crippen molar-refractivity contribution in [1.29, 1.82) is 0 Å². The Morgan fingerprint density at radius 3 is 2.45 bits per heavy atom. The molecule has 0 spiro atoms. The highest BCUT2D eigenvalue weighted by Gasteiger charge is 2.12. The molecule has 22 heavy (non-hydrogen) atoms. The van der Waals surface area contributed by atoms with Gasteiger partial charge < -0.3 is 4.90 Å². The number of hydrogen-bond donors (Lipinski definition) is 1. The molecule has 0 aliphatic carbocycles. The van der Waals surface area contributed by atoms with Gasteiger partial charge in [0.2, 0.25) is 15.9 Å². The van der Waals surface area contributed by atoms with Gasteiger partial charge in [0.1, 0.15) is 0 Å². The van der Waals surface area contributed by atoms with Crippen molar-refractivity contribution in [2.45, 2.75) is 33.1 Å². The van der Waals surface area contributed by atoms with E-state index in [1.807, 2.05) is 37.3 Å². The Hall–Kier alpha value is -1.40. The average Bonchev–Trinajstić information content (AvgIpc) is 2.47. The fourth-order valence-corrected chi connectivity index (χ4v) is 3.29. The number of nitrogens with one attached hydrogen (secondary N) is 1. The third-order valence-electron chi connectivity index (χ3n) is 3.36. The number of sulfonamides is 1. The van der Waals surface area contributed by atoms with Crippen molar-refractivity contribution in [3.05, 3.63) is 35.9 Å². The second-order valence-corrected chi connectivity index (χ2v) is 7.23. The summed E-state index contributed by atoms with van der Waals surface area (Å²) >= 11 is 0. The molecule has 1 rings (SSSR count). The van der Waals surface area contributed by atoms with Crippen LogP contribution in [-0.4, -0.2) is 44.6 Å². The molecular formula is C16H26N2O3S. The van der Waals surface area contributed by atoms with E-state index in [4.69, 9.17) is 0 Å². The summed E-state index contributed by atoms with van der Waals surface area (Å²) in [5.74, 6) is 0.0839. The van der Waals surface area contributed by atoms with E-state index < -0.39 is 10.0 Å². The zero-order valence-corrected chi connectivity index (χ0v) is 14.2. The van der Waals surface area contributed by atoms with Crippen molar-refractivity contribution in [3.63, 3.8) is 0 Å². The molecule has 6 heteroatoms. The molecular weight excluding hydrogens is 300 g/mol. The maximum Gasteiger partial charge on any atom is 0.219 e. The molecule has 0 bridgehead atoms. The second-order valence-electron chi connectivity index (χ2n) is 5.31. The first-order valence-corrected chi connectivity index (χ1v) is 9.36. The van der Waals surface area contributed by atoms with Gasteiger partial charge in [-0.1, -0.05) is 37.3 Å². The summed E-state index contributed by atoms with van der Waals surface area (Å²) in [6, 6.07) is 9.84.